The zero-order valence-corrected chi connectivity index (χ0v) is 11.1. The molecule has 0 bridgehead atoms. The van der Waals surface area contributed by atoms with E-state index in [2.05, 4.69) is 27.7 Å². The monoisotopic (exact) mass is 214 g/mol. The average molecular weight is 214 g/mol. The first-order valence-electron chi connectivity index (χ1n) is 6.42. The van der Waals surface area contributed by atoms with E-state index in [1.54, 1.807) is 0 Å². The molecule has 0 aromatic heterocycles. The van der Waals surface area contributed by atoms with Crippen LogP contribution in [0.5, 0.6) is 0 Å². The third-order valence-corrected chi connectivity index (χ3v) is 3.65. The van der Waals surface area contributed by atoms with E-state index < -0.39 is 0 Å². The summed E-state index contributed by atoms with van der Waals surface area (Å²) in [5.74, 6) is 0.652. The molecule has 0 rings (SSSR count). The van der Waals surface area contributed by atoms with Crippen molar-refractivity contribution in [1.82, 2.24) is 0 Å². The molecule has 0 heterocycles. The summed E-state index contributed by atoms with van der Waals surface area (Å²) in [6.07, 6.45) is 5.81. The minimum absolute atomic E-state index is 0.344. The van der Waals surface area contributed by atoms with Crippen molar-refractivity contribution in [2.24, 2.45) is 22.8 Å². The lowest BCUT2D eigenvalue weighted by molar-refractivity contribution is 0.240. The molecule has 0 radical (unpaired) electrons. The number of nitrogens with two attached hydrogens (primary N) is 2. The van der Waals surface area contributed by atoms with E-state index in [9.17, 15) is 0 Å². The first-order chi connectivity index (χ1) is 6.96. The molecule has 0 aliphatic rings. The fourth-order valence-electron chi connectivity index (χ4n) is 2.05. The Labute approximate surface area is 95.8 Å². The molecule has 0 amide bonds. The van der Waals surface area contributed by atoms with E-state index in [1.807, 2.05) is 0 Å². The molecule has 15 heavy (non-hydrogen) atoms. The number of hydrogen-bond donors (Lipinski definition) is 2. The van der Waals surface area contributed by atoms with Crippen LogP contribution in [-0.4, -0.2) is 12.6 Å². The summed E-state index contributed by atoms with van der Waals surface area (Å²) in [5, 5.41) is 0. The highest BCUT2D eigenvalue weighted by Gasteiger charge is 2.23. The van der Waals surface area contributed by atoms with Crippen molar-refractivity contribution in [3.63, 3.8) is 0 Å². The summed E-state index contributed by atoms with van der Waals surface area (Å²) in [6.45, 7) is 9.89. The minimum Gasteiger partial charge on any atom is -0.330 e. The van der Waals surface area contributed by atoms with Gasteiger partial charge in [0.25, 0.3) is 0 Å². The van der Waals surface area contributed by atoms with Gasteiger partial charge in [-0.1, -0.05) is 40.5 Å². The van der Waals surface area contributed by atoms with Crippen LogP contribution in [0.2, 0.25) is 0 Å². The SMILES string of the molecule is CCC(CCCN)C(N)CC(C)(C)CC. The predicted octanol–water partition coefficient (Wildman–Crippen LogP) is 2.91. The Bertz CT molecular complexity index is 155. The van der Waals surface area contributed by atoms with Crippen LogP contribution in [0, 0.1) is 11.3 Å². The quantitative estimate of drug-likeness (QED) is 0.653. The Hall–Kier alpha value is -0.0800. The Kier molecular flexibility index (Phi) is 7.20. The molecule has 0 saturated heterocycles. The van der Waals surface area contributed by atoms with Crippen LogP contribution < -0.4 is 11.5 Å². The van der Waals surface area contributed by atoms with Crippen LogP contribution in [0.15, 0.2) is 0 Å². The molecular formula is C13H30N2. The molecule has 0 saturated carbocycles. The maximum absolute atomic E-state index is 6.29. The van der Waals surface area contributed by atoms with Gasteiger partial charge in [-0.3, -0.25) is 0 Å². The standard InChI is InChI=1S/C13H30N2/c1-5-11(8-7-9-14)12(15)10-13(3,4)6-2/h11-12H,5-10,14-15H2,1-4H3. The fourth-order valence-corrected chi connectivity index (χ4v) is 2.05. The molecule has 0 aliphatic heterocycles. The molecule has 2 nitrogen and oxygen atoms in total. The van der Waals surface area contributed by atoms with Crippen LogP contribution in [-0.2, 0) is 0 Å². The molecule has 2 atom stereocenters. The van der Waals surface area contributed by atoms with Crippen molar-refractivity contribution < 1.29 is 0 Å². The minimum atomic E-state index is 0.344. The second kappa shape index (κ2) is 7.24. The van der Waals surface area contributed by atoms with Crippen molar-refractivity contribution in [3.05, 3.63) is 0 Å². The average Bonchev–Trinajstić information content (AvgIpc) is 2.18. The summed E-state index contributed by atoms with van der Waals surface area (Å²) in [5.41, 5.74) is 12.2. The van der Waals surface area contributed by atoms with E-state index in [-0.39, 0.29) is 0 Å². The number of rotatable bonds is 8. The Morgan fingerprint density at radius 1 is 1.20 bits per heavy atom. The summed E-state index contributed by atoms with van der Waals surface area (Å²) in [6, 6.07) is 0.344. The topological polar surface area (TPSA) is 52.0 Å². The van der Waals surface area contributed by atoms with E-state index in [1.165, 1.54) is 19.3 Å². The summed E-state index contributed by atoms with van der Waals surface area (Å²) in [4.78, 5) is 0. The van der Waals surface area contributed by atoms with Crippen molar-refractivity contribution in [2.45, 2.75) is 65.8 Å². The van der Waals surface area contributed by atoms with E-state index >= 15 is 0 Å². The first-order valence-corrected chi connectivity index (χ1v) is 6.42. The second-order valence-corrected chi connectivity index (χ2v) is 5.48. The van der Waals surface area contributed by atoms with Crippen molar-refractivity contribution in [1.29, 1.82) is 0 Å². The van der Waals surface area contributed by atoms with Crippen LogP contribution in [0.25, 0.3) is 0 Å². The highest BCUT2D eigenvalue weighted by atomic mass is 14.7. The third kappa shape index (κ3) is 6.16. The maximum Gasteiger partial charge on any atom is 0.00721 e. The Balaban J connectivity index is 4.08. The molecule has 0 aromatic carbocycles. The van der Waals surface area contributed by atoms with Gasteiger partial charge in [0.05, 0.1) is 0 Å². The summed E-state index contributed by atoms with van der Waals surface area (Å²) in [7, 11) is 0. The number of hydrogen-bond acceptors (Lipinski definition) is 2. The van der Waals surface area contributed by atoms with E-state index in [4.69, 9.17) is 11.5 Å². The van der Waals surface area contributed by atoms with Gasteiger partial charge in [0.15, 0.2) is 0 Å². The molecule has 92 valence electrons. The van der Waals surface area contributed by atoms with Crippen molar-refractivity contribution >= 4 is 0 Å². The van der Waals surface area contributed by atoms with Gasteiger partial charge in [-0.15, -0.1) is 0 Å². The van der Waals surface area contributed by atoms with Gasteiger partial charge >= 0.3 is 0 Å². The highest BCUT2D eigenvalue weighted by molar-refractivity contribution is 4.79. The Morgan fingerprint density at radius 3 is 2.20 bits per heavy atom. The molecule has 0 aliphatic carbocycles. The summed E-state index contributed by atoms with van der Waals surface area (Å²) < 4.78 is 0. The lowest BCUT2D eigenvalue weighted by atomic mass is 9.78. The molecule has 0 spiro atoms. The largest absolute Gasteiger partial charge is 0.330 e. The van der Waals surface area contributed by atoms with E-state index in [0.29, 0.717) is 17.4 Å². The lowest BCUT2D eigenvalue weighted by Crippen LogP contribution is -2.34. The zero-order chi connectivity index (χ0) is 11.9. The van der Waals surface area contributed by atoms with Gasteiger partial charge in [0.2, 0.25) is 0 Å². The first kappa shape index (κ1) is 14.9. The molecular weight excluding hydrogens is 184 g/mol. The molecule has 0 fully saturated rings. The van der Waals surface area contributed by atoms with Crippen LogP contribution in [0.3, 0.4) is 0 Å². The second-order valence-electron chi connectivity index (χ2n) is 5.48. The van der Waals surface area contributed by atoms with Gasteiger partial charge in [0.1, 0.15) is 0 Å². The normalized spacial score (nSPS) is 16.4. The van der Waals surface area contributed by atoms with Crippen molar-refractivity contribution in [2.75, 3.05) is 6.54 Å². The molecule has 0 aromatic rings. The molecule has 2 heteroatoms. The van der Waals surface area contributed by atoms with Crippen LogP contribution in [0.1, 0.15) is 59.8 Å². The van der Waals surface area contributed by atoms with Gasteiger partial charge in [-0.2, -0.15) is 0 Å². The van der Waals surface area contributed by atoms with E-state index in [0.717, 1.165) is 19.4 Å². The third-order valence-electron chi connectivity index (χ3n) is 3.65. The Morgan fingerprint density at radius 2 is 1.80 bits per heavy atom. The molecule has 4 N–H and O–H groups in total. The zero-order valence-electron chi connectivity index (χ0n) is 11.1. The van der Waals surface area contributed by atoms with Crippen molar-refractivity contribution in [3.8, 4) is 0 Å². The van der Waals surface area contributed by atoms with Gasteiger partial charge in [-0.25, -0.2) is 0 Å². The summed E-state index contributed by atoms with van der Waals surface area (Å²) >= 11 is 0. The van der Waals surface area contributed by atoms with Crippen LogP contribution in [0.4, 0.5) is 0 Å². The smallest absolute Gasteiger partial charge is 0.00721 e. The van der Waals surface area contributed by atoms with Crippen LogP contribution >= 0.6 is 0 Å². The fraction of sp³-hybridized carbons (Fsp3) is 1.00. The predicted molar refractivity (Wildman–Crippen MR) is 68.7 cm³/mol. The van der Waals surface area contributed by atoms with Gasteiger partial charge in [-0.05, 0) is 37.1 Å². The molecule has 2 unspecified atom stereocenters. The highest BCUT2D eigenvalue weighted by Crippen LogP contribution is 2.29. The lowest BCUT2D eigenvalue weighted by Gasteiger charge is -2.31. The van der Waals surface area contributed by atoms with Gasteiger partial charge in [0, 0.05) is 6.04 Å². The van der Waals surface area contributed by atoms with Gasteiger partial charge < -0.3 is 11.5 Å². The maximum atomic E-state index is 6.29.